The number of hydrogen-bond donors (Lipinski definition) is 2. The number of nitrogens with two attached hydrogens (primary N) is 1. The fourth-order valence-corrected chi connectivity index (χ4v) is 2.43. The van der Waals surface area contributed by atoms with Crippen molar-refractivity contribution in [1.82, 2.24) is 14.8 Å². The van der Waals surface area contributed by atoms with Crippen molar-refractivity contribution in [3.05, 3.63) is 16.8 Å². The molecule has 3 N–H and O–H groups in total. The SMILES string of the molecule is CC1CCC(CN)(n2cn[nH]c2=O)CC1. The Morgan fingerprint density at radius 3 is 2.80 bits per heavy atom. The van der Waals surface area contributed by atoms with Gasteiger partial charge in [-0.15, -0.1) is 0 Å². The molecule has 84 valence electrons. The lowest BCUT2D eigenvalue weighted by Crippen LogP contribution is -2.47. The predicted octanol–water partition coefficient (Wildman–Crippen LogP) is 0.435. The molecular weight excluding hydrogens is 192 g/mol. The van der Waals surface area contributed by atoms with Gasteiger partial charge in [0.1, 0.15) is 6.33 Å². The van der Waals surface area contributed by atoms with E-state index >= 15 is 0 Å². The third-order valence-corrected chi connectivity index (χ3v) is 3.65. The maximum atomic E-state index is 11.6. The van der Waals surface area contributed by atoms with Crippen molar-refractivity contribution < 1.29 is 0 Å². The lowest BCUT2D eigenvalue weighted by atomic mass is 9.77. The average Bonchev–Trinajstić information content (AvgIpc) is 2.67. The molecule has 1 fully saturated rings. The van der Waals surface area contributed by atoms with Gasteiger partial charge < -0.3 is 5.73 Å². The Morgan fingerprint density at radius 2 is 2.33 bits per heavy atom. The van der Waals surface area contributed by atoms with Crippen molar-refractivity contribution >= 4 is 0 Å². The standard InChI is InChI=1S/C10H18N4O/c1-8-2-4-10(6-11,5-3-8)14-7-12-13-9(14)15/h7-8H,2-6,11H2,1H3,(H,13,15). The van der Waals surface area contributed by atoms with Crippen LogP contribution in [0.3, 0.4) is 0 Å². The third kappa shape index (κ3) is 1.71. The molecule has 5 heteroatoms. The van der Waals surface area contributed by atoms with E-state index in [1.807, 2.05) is 0 Å². The second-order valence-electron chi connectivity index (χ2n) is 4.64. The molecular formula is C10H18N4O. The van der Waals surface area contributed by atoms with E-state index in [0.717, 1.165) is 31.6 Å². The maximum absolute atomic E-state index is 11.6. The molecule has 5 nitrogen and oxygen atoms in total. The first-order chi connectivity index (χ1) is 7.18. The Kier molecular flexibility index (Phi) is 2.65. The summed E-state index contributed by atoms with van der Waals surface area (Å²) in [4.78, 5) is 11.6. The second-order valence-corrected chi connectivity index (χ2v) is 4.64. The highest BCUT2D eigenvalue weighted by molar-refractivity contribution is 4.93. The Balaban J connectivity index is 2.30. The molecule has 0 aromatic carbocycles. The van der Waals surface area contributed by atoms with E-state index in [4.69, 9.17) is 5.73 Å². The molecule has 1 aromatic heterocycles. The molecule has 1 aliphatic rings. The Labute approximate surface area is 88.7 Å². The minimum Gasteiger partial charge on any atom is -0.328 e. The normalized spacial score (nSPS) is 31.7. The molecule has 0 radical (unpaired) electrons. The molecule has 0 saturated heterocycles. The Bertz CT molecular complexity index is 373. The van der Waals surface area contributed by atoms with Crippen molar-refractivity contribution in [2.75, 3.05) is 6.54 Å². The van der Waals surface area contributed by atoms with Gasteiger partial charge >= 0.3 is 5.69 Å². The van der Waals surface area contributed by atoms with Crippen molar-refractivity contribution in [2.24, 2.45) is 11.7 Å². The fraction of sp³-hybridized carbons (Fsp3) is 0.800. The van der Waals surface area contributed by atoms with Crippen molar-refractivity contribution in [3.63, 3.8) is 0 Å². The van der Waals surface area contributed by atoms with Crippen LogP contribution in [0.4, 0.5) is 0 Å². The smallest absolute Gasteiger partial charge is 0.328 e. The van der Waals surface area contributed by atoms with E-state index in [1.54, 1.807) is 10.9 Å². The highest BCUT2D eigenvalue weighted by atomic mass is 16.1. The minimum absolute atomic E-state index is 0.144. The molecule has 0 spiro atoms. The van der Waals surface area contributed by atoms with Crippen LogP contribution in [0, 0.1) is 5.92 Å². The number of aromatic amines is 1. The minimum atomic E-state index is -0.198. The molecule has 1 aliphatic carbocycles. The topological polar surface area (TPSA) is 76.7 Å². The van der Waals surface area contributed by atoms with E-state index in [0.29, 0.717) is 6.54 Å². The molecule has 0 unspecified atom stereocenters. The van der Waals surface area contributed by atoms with Crippen molar-refractivity contribution in [1.29, 1.82) is 0 Å². The van der Waals surface area contributed by atoms with Gasteiger partial charge in [-0.2, -0.15) is 5.10 Å². The van der Waals surface area contributed by atoms with Crippen LogP contribution >= 0.6 is 0 Å². The molecule has 0 atom stereocenters. The molecule has 0 aliphatic heterocycles. The van der Waals surface area contributed by atoms with E-state index < -0.39 is 0 Å². The first-order valence-electron chi connectivity index (χ1n) is 5.50. The van der Waals surface area contributed by atoms with Gasteiger partial charge in [-0.25, -0.2) is 9.89 Å². The highest BCUT2D eigenvalue weighted by Gasteiger charge is 2.35. The van der Waals surface area contributed by atoms with Crippen LogP contribution in [0.2, 0.25) is 0 Å². The maximum Gasteiger partial charge on any atom is 0.343 e. The summed E-state index contributed by atoms with van der Waals surface area (Å²) in [7, 11) is 0. The lowest BCUT2D eigenvalue weighted by Gasteiger charge is -2.38. The zero-order valence-corrected chi connectivity index (χ0v) is 9.07. The Hall–Kier alpha value is -1.10. The van der Waals surface area contributed by atoms with Gasteiger partial charge in [-0.1, -0.05) is 6.92 Å². The fourth-order valence-electron chi connectivity index (χ4n) is 2.43. The molecule has 2 rings (SSSR count). The van der Waals surface area contributed by atoms with Crippen LogP contribution in [0.25, 0.3) is 0 Å². The summed E-state index contributed by atoms with van der Waals surface area (Å²) in [5.74, 6) is 0.743. The largest absolute Gasteiger partial charge is 0.343 e. The van der Waals surface area contributed by atoms with Gasteiger partial charge in [-0.05, 0) is 31.6 Å². The molecule has 1 aromatic rings. The van der Waals surface area contributed by atoms with Gasteiger partial charge in [0.15, 0.2) is 0 Å². The Morgan fingerprint density at radius 1 is 1.67 bits per heavy atom. The van der Waals surface area contributed by atoms with Crippen LogP contribution in [-0.2, 0) is 5.54 Å². The summed E-state index contributed by atoms with van der Waals surface area (Å²) in [6, 6.07) is 0. The molecule has 1 heterocycles. The summed E-state index contributed by atoms with van der Waals surface area (Å²) in [5.41, 5.74) is 5.50. The second kappa shape index (κ2) is 3.81. The van der Waals surface area contributed by atoms with E-state index in [-0.39, 0.29) is 11.2 Å². The first-order valence-corrected chi connectivity index (χ1v) is 5.50. The van der Waals surface area contributed by atoms with Crippen molar-refractivity contribution in [2.45, 2.75) is 38.1 Å². The summed E-state index contributed by atoms with van der Waals surface area (Å²) in [6.45, 7) is 2.76. The molecule has 0 amide bonds. The summed E-state index contributed by atoms with van der Waals surface area (Å²) in [5, 5.41) is 6.22. The van der Waals surface area contributed by atoms with Crippen LogP contribution in [-0.4, -0.2) is 21.3 Å². The number of rotatable bonds is 2. The number of aromatic nitrogens is 3. The van der Waals surface area contributed by atoms with E-state index in [2.05, 4.69) is 17.1 Å². The number of H-pyrrole nitrogens is 1. The van der Waals surface area contributed by atoms with Gasteiger partial charge in [0, 0.05) is 6.54 Å². The number of nitrogens with one attached hydrogen (secondary N) is 1. The van der Waals surface area contributed by atoms with Crippen LogP contribution in [0.5, 0.6) is 0 Å². The van der Waals surface area contributed by atoms with Crippen LogP contribution in [0.15, 0.2) is 11.1 Å². The van der Waals surface area contributed by atoms with Gasteiger partial charge in [0.25, 0.3) is 0 Å². The van der Waals surface area contributed by atoms with E-state index in [9.17, 15) is 4.79 Å². The van der Waals surface area contributed by atoms with Crippen molar-refractivity contribution in [3.8, 4) is 0 Å². The van der Waals surface area contributed by atoms with E-state index in [1.165, 1.54) is 0 Å². The third-order valence-electron chi connectivity index (χ3n) is 3.65. The predicted molar refractivity (Wildman–Crippen MR) is 57.5 cm³/mol. The van der Waals surface area contributed by atoms with Crippen LogP contribution in [0.1, 0.15) is 32.6 Å². The number of nitrogens with zero attached hydrogens (tertiary/aromatic N) is 2. The van der Waals surface area contributed by atoms with Crippen LogP contribution < -0.4 is 11.4 Å². The molecule has 0 bridgehead atoms. The lowest BCUT2D eigenvalue weighted by molar-refractivity contribution is 0.164. The summed E-state index contributed by atoms with van der Waals surface area (Å²) in [6.07, 6.45) is 5.79. The van der Waals surface area contributed by atoms with Gasteiger partial charge in [-0.3, -0.25) is 4.57 Å². The monoisotopic (exact) mass is 210 g/mol. The number of hydrogen-bond acceptors (Lipinski definition) is 3. The quantitative estimate of drug-likeness (QED) is 0.743. The molecule has 15 heavy (non-hydrogen) atoms. The first kappa shape index (κ1) is 10.4. The van der Waals surface area contributed by atoms with Gasteiger partial charge in [0.2, 0.25) is 0 Å². The molecule has 1 saturated carbocycles. The highest BCUT2D eigenvalue weighted by Crippen LogP contribution is 2.35. The average molecular weight is 210 g/mol. The zero-order chi connectivity index (χ0) is 10.9. The summed E-state index contributed by atoms with van der Waals surface area (Å²) < 4.78 is 1.68. The summed E-state index contributed by atoms with van der Waals surface area (Å²) >= 11 is 0. The zero-order valence-electron chi connectivity index (χ0n) is 9.07. The van der Waals surface area contributed by atoms with Gasteiger partial charge in [0.05, 0.1) is 5.54 Å².